The monoisotopic (exact) mass is 502 g/mol. The average Bonchev–Trinajstić information content (AvgIpc) is 3.18. The molecule has 0 saturated carbocycles. The van der Waals surface area contributed by atoms with Crippen molar-refractivity contribution in [2.24, 2.45) is 5.92 Å². The lowest BCUT2D eigenvalue weighted by molar-refractivity contribution is -0.136. The van der Waals surface area contributed by atoms with Gasteiger partial charge in [0.15, 0.2) is 5.78 Å². The molecule has 1 N–H and O–H groups in total. The molecule has 1 aromatic heterocycles. The minimum absolute atomic E-state index is 0.0304. The highest BCUT2D eigenvalue weighted by atomic mass is 35.5. The summed E-state index contributed by atoms with van der Waals surface area (Å²) in [6.45, 7) is 4.32. The van der Waals surface area contributed by atoms with Gasteiger partial charge >= 0.3 is 5.97 Å². The van der Waals surface area contributed by atoms with Crippen LogP contribution in [0, 0.1) is 12.8 Å². The minimum atomic E-state index is -0.835. The zero-order valence-corrected chi connectivity index (χ0v) is 21.0. The van der Waals surface area contributed by atoms with Crippen molar-refractivity contribution in [3.8, 4) is 5.69 Å². The summed E-state index contributed by atoms with van der Waals surface area (Å²) in [5.41, 5.74) is 5.00. The second-order valence-corrected chi connectivity index (χ2v) is 9.23. The lowest BCUT2D eigenvalue weighted by Gasteiger charge is -2.13. The molecule has 180 valence electrons. The van der Waals surface area contributed by atoms with Crippen LogP contribution in [0.5, 0.6) is 0 Å². The predicted octanol–water partition coefficient (Wildman–Crippen LogP) is 5.76. The summed E-state index contributed by atoms with van der Waals surface area (Å²) in [6.07, 6.45) is 3.55. The van der Waals surface area contributed by atoms with Gasteiger partial charge in [0.1, 0.15) is 0 Å². The van der Waals surface area contributed by atoms with Crippen LogP contribution in [0.2, 0.25) is 10.0 Å². The first kappa shape index (κ1) is 25.9. The normalized spacial score (nSPS) is 12.0. The van der Waals surface area contributed by atoms with E-state index in [0.717, 1.165) is 22.4 Å². The molecule has 34 heavy (non-hydrogen) atoms. The van der Waals surface area contributed by atoms with Gasteiger partial charge in [-0.15, -0.1) is 0 Å². The van der Waals surface area contributed by atoms with Crippen LogP contribution in [0.4, 0.5) is 0 Å². The molecule has 8 heteroatoms. The highest BCUT2D eigenvalue weighted by molar-refractivity contribution is 6.35. The molecule has 0 amide bonds. The molecule has 0 spiro atoms. The lowest BCUT2D eigenvalue weighted by atomic mass is 9.90. The van der Waals surface area contributed by atoms with Crippen LogP contribution >= 0.6 is 23.2 Å². The Morgan fingerprint density at radius 2 is 1.88 bits per heavy atom. The Hall–Kier alpha value is -2.67. The Balaban J connectivity index is 1.81. The van der Waals surface area contributed by atoms with Crippen LogP contribution in [-0.4, -0.2) is 40.4 Å². The van der Waals surface area contributed by atoms with Crippen molar-refractivity contribution in [3.63, 3.8) is 0 Å². The van der Waals surface area contributed by atoms with Crippen LogP contribution < -0.4 is 0 Å². The summed E-state index contributed by atoms with van der Waals surface area (Å²) in [6, 6.07) is 10.7. The van der Waals surface area contributed by atoms with Gasteiger partial charge in [0, 0.05) is 42.7 Å². The number of Topliss-reactive ketones (excluding diaryl/α,β-unsaturated/α-hetero) is 1. The van der Waals surface area contributed by atoms with Gasteiger partial charge in [-0.2, -0.15) is 5.10 Å². The van der Waals surface area contributed by atoms with Crippen molar-refractivity contribution in [1.29, 1.82) is 0 Å². The first-order valence-electron chi connectivity index (χ1n) is 11.1. The molecule has 3 aromatic rings. The minimum Gasteiger partial charge on any atom is -0.481 e. The summed E-state index contributed by atoms with van der Waals surface area (Å²) in [7, 11) is 1.64. The molecular formula is C26H28Cl2N2O4. The number of rotatable bonds is 11. The number of aromatic nitrogens is 2. The standard InChI is InChI=1S/C26H28Cl2N2O4/c1-16-12-19(5-4-18(16)6-9-25(31)32)26(33)17(2)13-20-15-30(29-23(20)10-11-34-3)24-8-7-21(27)14-22(24)28/h4-5,7-8,12,14-15,17H,6,9-11,13H2,1-3H3,(H,31,32). The molecular weight excluding hydrogens is 475 g/mol. The highest BCUT2D eigenvalue weighted by Crippen LogP contribution is 2.26. The molecule has 0 aliphatic rings. The Kier molecular flexibility index (Phi) is 8.89. The molecule has 3 rings (SSSR count). The van der Waals surface area contributed by atoms with Gasteiger partial charge < -0.3 is 9.84 Å². The van der Waals surface area contributed by atoms with E-state index in [4.69, 9.17) is 38.1 Å². The summed E-state index contributed by atoms with van der Waals surface area (Å²) < 4.78 is 6.96. The van der Waals surface area contributed by atoms with Crippen LogP contribution in [0.3, 0.4) is 0 Å². The van der Waals surface area contributed by atoms with E-state index >= 15 is 0 Å². The third kappa shape index (κ3) is 6.47. The smallest absolute Gasteiger partial charge is 0.303 e. The highest BCUT2D eigenvalue weighted by Gasteiger charge is 2.21. The predicted molar refractivity (Wildman–Crippen MR) is 133 cm³/mol. The Bertz CT molecular complexity index is 1190. The number of carboxylic acid groups (broad SMARTS) is 1. The van der Waals surface area contributed by atoms with Crippen molar-refractivity contribution >= 4 is 35.0 Å². The third-order valence-corrected chi connectivity index (χ3v) is 6.32. The number of ketones is 1. The summed E-state index contributed by atoms with van der Waals surface area (Å²) >= 11 is 12.4. The zero-order valence-electron chi connectivity index (χ0n) is 19.5. The number of carboxylic acids is 1. The van der Waals surface area contributed by atoms with Gasteiger partial charge in [0.25, 0.3) is 0 Å². The van der Waals surface area contributed by atoms with Crippen molar-refractivity contribution in [2.75, 3.05) is 13.7 Å². The third-order valence-electron chi connectivity index (χ3n) is 5.79. The SMILES string of the molecule is COCCc1nn(-c2ccc(Cl)cc2Cl)cc1CC(C)C(=O)c1ccc(CCC(=O)O)c(C)c1. The number of benzene rings is 2. The van der Waals surface area contributed by atoms with Gasteiger partial charge in [-0.3, -0.25) is 9.59 Å². The number of ether oxygens (including phenoxy) is 1. The second kappa shape index (κ2) is 11.6. The van der Waals surface area contributed by atoms with Gasteiger partial charge in [-0.25, -0.2) is 4.68 Å². The number of aryl methyl sites for hydroxylation is 2. The Morgan fingerprint density at radius 1 is 1.12 bits per heavy atom. The van der Waals surface area contributed by atoms with E-state index in [1.54, 1.807) is 30.0 Å². The number of methoxy groups -OCH3 is 1. The maximum Gasteiger partial charge on any atom is 0.303 e. The number of halogens is 2. The van der Waals surface area contributed by atoms with E-state index in [2.05, 4.69) is 0 Å². The van der Waals surface area contributed by atoms with Gasteiger partial charge in [-0.1, -0.05) is 42.3 Å². The first-order chi connectivity index (χ1) is 16.2. The molecule has 0 saturated heterocycles. The van der Waals surface area contributed by atoms with Crippen molar-refractivity contribution in [3.05, 3.63) is 80.6 Å². The van der Waals surface area contributed by atoms with Crippen LogP contribution in [0.15, 0.2) is 42.6 Å². The second-order valence-electron chi connectivity index (χ2n) is 8.39. The quantitative estimate of drug-likeness (QED) is 0.337. The Labute approximate surface area is 209 Å². The fourth-order valence-electron chi connectivity index (χ4n) is 3.89. The van der Waals surface area contributed by atoms with Gasteiger partial charge in [0.2, 0.25) is 0 Å². The van der Waals surface area contributed by atoms with Crippen LogP contribution in [0.25, 0.3) is 5.69 Å². The number of carbonyl (C=O) groups excluding carboxylic acids is 1. The molecule has 0 aliphatic heterocycles. The molecule has 0 fully saturated rings. The van der Waals surface area contributed by atoms with Crippen molar-refractivity contribution in [1.82, 2.24) is 9.78 Å². The molecule has 1 unspecified atom stereocenters. The summed E-state index contributed by atoms with van der Waals surface area (Å²) in [4.78, 5) is 24.0. The van der Waals surface area contributed by atoms with E-state index in [-0.39, 0.29) is 18.1 Å². The topological polar surface area (TPSA) is 81.4 Å². The van der Waals surface area contributed by atoms with Crippen molar-refractivity contribution in [2.45, 2.75) is 39.5 Å². The molecule has 2 aromatic carbocycles. The largest absolute Gasteiger partial charge is 0.481 e. The molecule has 0 bridgehead atoms. The van der Waals surface area contributed by atoms with Gasteiger partial charge in [0.05, 0.1) is 23.0 Å². The van der Waals surface area contributed by atoms with Crippen molar-refractivity contribution < 1.29 is 19.4 Å². The molecule has 1 heterocycles. The molecule has 6 nitrogen and oxygen atoms in total. The number of nitrogens with zero attached hydrogens (tertiary/aromatic N) is 2. The zero-order chi connectivity index (χ0) is 24.8. The van der Waals surface area contributed by atoms with E-state index in [1.807, 2.05) is 38.2 Å². The summed E-state index contributed by atoms with van der Waals surface area (Å²) in [5.74, 6) is -1.08. The number of hydrogen-bond acceptors (Lipinski definition) is 4. The molecule has 0 radical (unpaired) electrons. The lowest BCUT2D eigenvalue weighted by Crippen LogP contribution is -2.15. The average molecular weight is 503 g/mol. The number of aliphatic carboxylic acids is 1. The molecule has 0 aliphatic carbocycles. The van der Waals surface area contributed by atoms with E-state index < -0.39 is 5.97 Å². The maximum absolute atomic E-state index is 13.2. The first-order valence-corrected chi connectivity index (χ1v) is 11.8. The van der Waals surface area contributed by atoms with E-state index in [0.29, 0.717) is 47.2 Å². The van der Waals surface area contributed by atoms with Crippen LogP contribution in [0.1, 0.15) is 46.1 Å². The number of hydrogen-bond donors (Lipinski definition) is 1. The molecule has 1 atom stereocenters. The number of carbonyl (C=O) groups is 2. The van der Waals surface area contributed by atoms with E-state index in [9.17, 15) is 9.59 Å². The van der Waals surface area contributed by atoms with Gasteiger partial charge in [-0.05, 0) is 60.7 Å². The fourth-order valence-corrected chi connectivity index (χ4v) is 4.39. The van der Waals surface area contributed by atoms with Crippen LogP contribution in [-0.2, 0) is 28.8 Å². The maximum atomic E-state index is 13.2. The van der Waals surface area contributed by atoms with E-state index in [1.165, 1.54) is 0 Å². The Morgan fingerprint density at radius 3 is 2.53 bits per heavy atom. The summed E-state index contributed by atoms with van der Waals surface area (Å²) in [5, 5.41) is 14.7. The fraction of sp³-hybridized carbons (Fsp3) is 0.346.